The highest BCUT2D eigenvalue weighted by Gasteiger charge is 2.19. The van der Waals surface area contributed by atoms with E-state index in [1.165, 1.54) is 38.5 Å². The predicted octanol–water partition coefficient (Wildman–Crippen LogP) is 3.39. The van der Waals surface area contributed by atoms with Crippen molar-refractivity contribution in [2.24, 2.45) is 11.7 Å². The number of nitrogens with one attached hydrogen (secondary N) is 2. The van der Waals surface area contributed by atoms with Gasteiger partial charge in [-0.2, -0.15) is 0 Å². The van der Waals surface area contributed by atoms with E-state index in [0.29, 0.717) is 17.9 Å². The molecule has 0 unspecified atom stereocenters. The van der Waals surface area contributed by atoms with Gasteiger partial charge in [-0.15, -0.1) is 0 Å². The van der Waals surface area contributed by atoms with Gasteiger partial charge >= 0.3 is 0 Å². The van der Waals surface area contributed by atoms with Gasteiger partial charge < -0.3 is 21.5 Å². The van der Waals surface area contributed by atoms with Gasteiger partial charge in [0.2, 0.25) is 5.91 Å². The Morgan fingerprint density at radius 3 is 2.06 bits per heavy atom. The molecule has 2 aromatic rings. The minimum atomic E-state index is -0.920. The number of hydrogen-bond donors (Lipinski definition) is 4. The second-order valence-electron chi connectivity index (χ2n) is 9.24. The van der Waals surface area contributed by atoms with Crippen molar-refractivity contribution in [1.82, 2.24) is 5.32 Å². The summed E-state index contributed by atoms with van der Waals surface area (Å²) in [5.41, 5.74) is 8.15. The molecule has 0 radical (unpaired) electrons. The monoisotopic (exact) mass is 489 g/mol. The summed E-state index contributed by atoms with van der Waals surface area (Å²) in [6.07, 6.45) is 9.24. The molecule has 1 atom stereocenters. The Hall–Kier alpha value is -3.47. The normalized spacial score (nSPS) is 14.6. The number of Topliss-reactive ketones (excluding diaryl/α,β-unsaturated/α-hetero) is 1. The molecule has 0 saturated heterocycles. The lowest BCUT2D eigenvalue weighted by Gasteiger charge is -2.14. The minimum Gasteiger partial charge on any atom is -0.388 e. The van der Waals surface area contributed by atoms with E-state index in [2.05, 4.69) is 22.5 Å². The molecule has 1 aliphatic rings. The molecule has 1 fully saturated rings. The van der Waals surface area contributed by atoms with Crippen molar-refractivity contribution in [2.75, 3.05) is 18.5 Å². The van der Waals surface area contributed by atoms with Crippen LogP contribution in [0.4, 0.5) is 5.69 Å². The molecule has 1 aliphatic carbocycles. The first kappa shape index (κ1) is 27.1. The lowest BCUT2D eigenvalue weighted by molar-refractivity contribution is -0.123. The van der Waals surface area contributed by atoms with Crippen molar-refractivity contribution in [3.8, 4) is 11.8 Å². The summed E-state index contributed by atoms with van der Waals surface area (Å²) in [6, 6.07) is 13.2. The third-order valence-corrected chi connectivity index (χ3v) is 6.51. The number of amides is 2. The molecule has 0 bridgehead atoms. The molecule has 0 aromatic heterocycles. The van der Waals surface area contributed by atoms with Gasteiger partial charge in [0.15, 0.2) is 5.78 Å². The molecule has 2 aromatic carbocycles. The van der Waals surface area contributed by atoms with Crippen LogP contribution in [0.25, 0.3) is 0 Å². The zero-order valence-corrected chi connectivity index (χ0v) is 20.6. The van der Waals surface area contributed by atoms with Gasteiger partial charge in [-0.3, -0.25) is 14.4 Å². The van der Waals surface area contributed by atoms with Crippen LogP contribution in [-0.4, -0.2) is 41.9 Å². The number of carbonyl (C=O) groups is 3. The number of rotatable bonds is 9. The van der Waals surface area contributed by atoms with E-state index >= 15 is 0 Å². The SMILES string of the molecule is NC[C@H](NC(=O)c1ccc(C#Cc2ccc(NC(=O)CCC3CCCCCC3)cc2)cc1)C(=O)CO. The van der Waals surface area contributed by atoms with Gasteiger partial charge in [0.25, 0.3) is 5.91 Å². The van der Waals surface area contributed by atoms with Crippen molar-refractivity contribution in [2.45, 2.75) is 57.4 Å². The highest BCUT2D eigenvalue weighted by molar-refractivity contribution is 5.98. The summed E-state index contributed by atoms with van der Waals surface area (Å²) in [5, 5.41) is 14.4. The van der Waals surface area contributed by atoms with Crippen LogP contribution in [0.15, 0.2) is 48.5 Å². The molecule has 0 heterocycles. The smallest absolute Gasteiger partial charge is 0.251 e. The first-order valence-electron chi connectivity index (χ1n) is 12.6. The number of anilines is 1. The number of benzene rings is 2. The molecule has 0 spiro atoms. The van der Waals surface area contributed by atoms with Gasteiger partial charge in [-0.05, 0) is 60.9 Å². The van der Waals surface area contributed by atoms with Gasteiger partial charge in [-0.1, -0.05) is 50.4 Å². The fourth-order valence-electron chi connectivity index (χ4n) is 4.32. The summed E-state index contributed by atoms with van der Waals surface area (Å²) < 4.78 is 0. The number of ketones is 1. The highest BCUT2D eigenvalue weighted by atomic mass is 16.3. The highest BCUT2D eigenvalue weighted by Crippen LogP contribution is 2.26. The maximum atomic E-state index is 12.3. The van der Waals surface area contributed by atoms with E-state index in [1.807, 2.05) is 24.3 Å². The van der Waals surface area contributed by atoms with Crippen molar-refractivity contribution >= 4 is 23.3 Å². The fraction of sp³-hybridized carbons (Fsp3) is 0.414. The molecular formula is C29H35N3O4. The third kappa shape index (κ3) is 8.63. The molecule has 5 N–H and O–H groups in total. The third-order valence-electron chi connectivity index (χ3n) is 6.51. The predicted molar refractivity (Wildman–Crippen MR) is 140 cm³/mol. The average Bonchev–Trinajstić information content (AvgIpc) is 3.19. The summed E-state index contributed by atoms with van der Waals surface area (Å²) in [5.74, 6) is 5.88. The van der Waals surface area contributed by atoms with E-state index in [0.717, 1.165) is 23.2 Å². The second kappa shape index (κ2) is 14.2. The first-order valence-corrected chi connectivity index (χ1v) is 12.6. The van der Waals surface area contributed by atoms with Crippen molar-refractivity contribution < 1.29 is 19.5 Å². The van der Waals surface area contributed by atoms with Crippen molar-refractivity contribution in [3.05, 3.63) is 65.2 Å². The summed E-state index contributed by atoms with van der Waals surface area (Å²) >= 11 is 0. The van der Waals surface area contributed by atoms with Crippen LogP contribution in [0.5, 0.6) is 0 Å². The van der Waals surface area contributed by atoms with E-state index in [-0.39, 0.29) is 12.5 Å². The number of aliphatic hydroxyl groups is 1. The van der Waals surface area contributed by atoms with Crippen molar-refractivity contribution in [1.29, 1.82) is 0 Å². The Labute approximate surface area is 212 Å². The summed E-state index contributed by atoms with van der Waals surface area (Å²) in [6.45, 7) is -0.762. The molecule has 2 amide bonds. The molecule has 36 heavy (non-hydrogen) atoms. The first-order chi connectivity index (χ1) is 17.5. The number of carbonyl (C=O) groups excluding carboxylic acids is 3. The van der Waals surface area contributed by atoms with Crippen LogP contribution in [0.3, 0.4) is 0 Å². The standard InChI is InChI=1S/C29H35N3O4/c30-19-26(27(34)20-33)32-29(36)24-14-9-22(10-15-24)7-8-23-11-16-25(17-12-23)31-28(35)18-13-21-5-3-1-2-4-6-21/h9-12,14-17,21,26,33H,1-6,13,18-20,30H2,(H,31,35)(H,32,36)/t26-/m0/s1. The average molecular weight is 490 g/mol. The van der Waals surface area contributed by atoms with Crippen LogP contribution in [0, 0.1) is 17.8 Å². The topological polar surface area (TPSA) is 122 Å². The summed E-state index contributed by atoms with van der Waals surface area (Å²) in [4.78, 5) is 36.2. The molecular weight excluding hydrogens is 454 g/mol. The fourth-order valence-corrected chi connectivity index (χ4v) is 4.32. The second-order valence-corrected chi connectivity index (χ2v) is 9.24. The summed E-state index contributed by atoms with van der Waals surface area (Å²) in [7, 11) is 0. The van der Waals surface area contributed by atoms with Gasteiger partial charge in [-0.25, -0.2) is 0 Å². The Bertz CT molecular complexity index is 1080. The van der Waals surface area contributed by atoms with E-state index in [9.17, 15) is 14.4 Å². The van der Waals surface area contributed by atoms with Gasteiger partial charge in [0, 0.05) is 35.3 Å². The lowest BCUT2D eigenvalue weighted by atomic mass is 9.95. The minimum absolute atomic E-state index is 0.0562. The van der Waals surface area contributed by atoms with E-state index in [1.54, 1.807) is 24.3 Å². The molecule has 7 heteroatoms. The Morgan fingerprint density at radius 1 is 0.917 bits per heavy atom. The van der Waals surface area contributed by atoms with Crippen LogP contribution < -0.4 is 16.4 Å². The quantitative estimate of drug-likeness (QED) is 0.318. The zero-order chi connectivity index (χ0) is 25.8. The van der Waals surface area contributed by atoms with Crippen LogP contribution in [0.2, 0.25) is 0 Å². The maximum Gasteiger partial charge on any atom is 0.251 e. The largest absolute Gasteiger partial charge is 0.388 e. The molecule has 0 aliphatic heterocycles. The lowest BCUT2D eigenvalue weighted by Crippen LogP contribution is -2.46. The van der Waals surface area contributed by atoms with Crippen LogP contribution in [0.1, 0.15) is 72.9 Å². The van der Waals surface area contributed by atoms with Gasteiger partial charge in [0.05, 0.1) is 0 Å². The molecule has 3 rings (SSSR count). The molecule has 7 nitrogen and oxygen atoms in total. The Balaban J connectivity index is 1.49. The van der Waals surface area contributed by atoms with E-state index in [4.69, 9.17) is 10.8 Å². The Morgan fingerprint density at radius 2 is 1.50 bits per heavy atom. The number of hydrogen-bond acceptors (Lipinski definition) is 5. The van der Waals surface area contributed by atoms with Crippen LogP contribution in [-0.2, 0) is 9.59 Å². The molecule has 190 valence electrons. The van der Waals surface area contributed by atoms with Crippen molar-refractivity contribution in [3.63, 3.8) is 0 Å². The van der Waals surface area contributed by atoms with Crippen LogP contribution >= 0.6 is 0 Å². The maximum absolute atomic E-state index is 12.3. The van der Waals surface area contributed by atoms with E-state index < -0.39 is 24.3 Å². The zero-order valence-electron chi connectivity index (χ0n) is 20.6. The molecule has 1 saturated carbocycles. The number of aliphatic hydroxyl groups excluding tert-OH is 1. The number of nitrogens with two attached hydrogens (primary N) is 1. The van der Waals surface area contributed by atoms with Gasteiger partial charge in [0.1, 0.15) is 12.6 Å². The Kier molecular flexibility index (Phi) is 10.7.